The third-order valence-electron chi connectivity index (χ3n) is 5.29. The number of esters is 1. The summed E-state index contributed by atoms with van der Waals surface area (Å²) in [7, 11) is 1.31. The second-order valence-electron chi connectivity index (χ2n) is 6.52. The highest BCUT2D eigenvalue weighted by Gasteiger charge is 2.59. The number of aromatic nitrogens is 1. The molecule has 3 heterocycles. The molecule has 0 aliphatic carbocycles. The summed E-state index contributed by atoms with van der Waals surface area (Å²) in [6.07, 6.45) is 6.19. The van der Waals surface area contributed by atoms with E-state index in [1.165, 1.54) is 7.11 Å². The van der Waals surface area contributed by atoms with Gasteiger partial charge < -0.3 is 9.30 Å². The van der Waals surface area contributed by atoms with Gasteiger partial charge in [-0.15, -0.1) is 6.42 Å². The molecule has 5 nitrogen and oxygen atoms in total. The SMILES string of the molecule is C#CCN1CCc2c3n(c4ccccc24)C(=C)C(=O)[C@]3(C(=O)OC)C1. The number of benzene rings is 1. The zero-order valence-electron chi connectivity index (χ0n) is 14.0. The summed E-state index contributed by atoms with van der Waals surface area (Å²) in [5.74, 6) is 1.77. The van der Waals surface area contributed by atoms with Gasteiger partial charge in [0.05, 0.1) is 30.6 Å². The Morgan fingerprint density at radius 1 is 1.44 bits per heavy atom. The van der Waals surface area contributed by atoms with Crippen molar-refractivity contribution in [2.45, 2.75) is 11.8 Å². The Bertz CT molecular complexity index is 979. The van der Waals surface area contributed by atoms with Gasteiger partial charge in [0.15, 0.2) is 5.41 Å². The first kappa shape index (κ1) is 15.7. The average molecular weight is 334 g/mol. The maximum absolute atomic E-state index is 13.2. The average Bonchev–Trinajstić information content (AvgIpc) is 2.98. The second kappa shape index (κ2) is 5.33. The van der Waals surface area contributed by atoms with Crippen LogP contribution in [0.2, 0.25) is 0 Å². The molecule has 4 rings (SSSR count). The van der Waals surface area contributed by atoms with E-state index in [9.17, 15) is 9.59 Å². The molecule has 0 radical (unpaired) electrons. The first-order chi connectivity index (χ1) is 12.1. The third kappa shape index (κ3) is 1.83. The van der Waals surface area contributed by atoms with Gasteiger partial charge in [-0.3, -0.25) is 14.5 Å². The van der Waals surface area contributed by atoms with Crippen LogP contribution in [0.15, 0.2) is 30.8 Å². The molecular weight excluding hydrogens is 316 g/mol. The predicted octanol–water partition coefficient (Wildman–Crippen LogP) is 1.60. The molecule has 0 N–H and O–H groups in total. The summed E-state index contributed by atoms with van der Waals surface area (Å²) in [6.45, 7) is 5.25. The van der Waals surface area contributed by atoms with E-state index in [0.29, 0.717) is 30.9 Å². The Hall–Kier alpha value is -2.84. The fourth-order valence-corrected chi connectivity index (χ4v) is 4.27. The first-order valence-electron chi connectivity index (χ1n) is 8.17. The maximum Gasteiger partial charge on any atom is 0.327 e. The Balaban J connectivity index is 2.09. The van der Waals surface area contributed by atoms with Crippen LogP contribution in [0.3, 0.4) is 0 Å². The van der Waals surface area contributed by atoms with Crippen LogP contribution in [-0.2, 0) is 26.2 Å². The van der Waals surface area contributed by atoms with Crippen molar-refractivity contribution in [2.24, 2.45) is 0 Å². The van der Waals surface area contributed by atoms with Crippen LogP contribution in [0.1, 0.15) is 11.3 Å². The molecule has 1 aromatic carbocycles. The van der Waals surface area contributed by atoms with Crippen LogP contribution in [0.25, 0.3) is 16.6 Å². The monoisotopic (exact) mass is 334 g/mol. The highest BCUT2D eigenvalue weighted by atomic mass is 16.5. The van der Waals surface area contributed by atoms with Crippen LogP contribution < -0.4 is 0 Å². The normalized spacial score (nSPS) is 22.6. The van der Waals surface area contributed by atoms with Gasteiger partial charge in [0.1, 0.15) is 0 Å². The van der Waals surface area contributed by atoms with E-state index in [-0.39, 0.29) is 12.3 Å². The molecule has 126 valence electrons. The molecule has 0 spiro atoms. The number of fused-ring (bicyclic) bond motifs is 3. The lowest BCUT2D eigenvalue weighted by Gasteiger charge is -2.28. The molecule has 2 aromatic rings. The number of nitrogens with zero attached hydrogens (tertiary/aromatic N) is 2. The van der Waals surface area contributed by atoms with Gasteiger partial charge in [-0.25, -0.2) is 0 Å². The Labute approximate surface area is 145 Å². The van der Waals surface area contributed by atoms with Crippen molar-refractivity contribution >= 4 is 28.4 Å². The molecule has 1 aromatic heterocycles. The van der Waals surface area contributed by atoms with Crippen molar-refractivity contribution in [1.29, 1.82) is 0 Å². The molecule has 0 unspecified atom stereocenters. The van der Waals surface area contributed by atoms with Crippen LogP contribution in [0.4, 0.5) is 0 Å². The molecule has 0 amide bonds. The maximum atomic E-state index is 13.2. The number of carbonyl (C=O) groups excluding carboxylic acids is 2. The minimum atomic E-state index is -1.40. The topological polar surface area (TPSA) is 51.5 Å². The number of hydrogen-bond donors (Lipinski definition) is 0. The zero-order valence-corrected chi connectivity index (χ0v) is 14.0. The van der Waals surface area contributed by atoms with Crippen molar-refractivity contribution in [1.82, 2.24) is 9.47 Å². The summed E-state index contributed by atoms with van der Waals surface area (Å²) >= 11 is 0. The number of rotatable bonds is 2. The van der Waals surface area contributed by atoms with E-state index in [4.69, 9.17) is 11.2 Å². The van der Waals surface area contributed by atoms with E-state index in [0.717, 1.165) is 16.5 Å². The van der Waals surface area contributed by atoms with E-state index in [2.05, 4.69) is 12.5 Å². The quantitative estimate of drug-likeness (QED) is 0.362. The Kier molecular flexibility index (Phi) is 3.34. The van der Waals surface area contributed by atoms with E-state index < -0.39 is 11.4 Å². The number of methoxy groups -OCH3 is 1. The van der Waals surface area contributed by atoms with Gasteiger partial charge in [-0.2, -0.15) is 0 Å². The number of Topliss-reactive ketones (excluding diaryl/α,β-unsaturated/α-hetero) is 1. The van der Waals surface area contributed by atoms with Crippen LogP contribution >= 0.6 is 0 Å². The molecule has 2 aliphatic heterocycles. The molecule has 1 atom stereocenters. The zero-order chi connectivity index (χ0) is 17.8. The number of hydrogen-bond acceptors (Lipinski definition) is 4. The molecule has 0 bridgehead atoms. The molecule has 0 saturated heterocycles. The highest BCUT2D eigenvalue weighted by Crippen LogP contribution is 2.47. The number of carbonyl (C=O) groups is 2. The number of para-hydroxylation sites is 1. The van der Waals surface area contributed by atoms with E-state index in [1.807, 2.05) is 33.7 Å². The Morgan fingerprint density at radius 3 is 2.92 bits per heavy atom. The fourth-order valence-electron chi connectivity index (χ4n) is 4.27. The molecule has 2 aliphatic rings. The standard InChI is InChI=1S/C20H18N2O3/c1-4-10-21-11-9-15-14-7-5-6-8-16(14)22-13(2)18(23)20(12-21,17(15)22)19(24)25-3/h1,5-8H,2,9-12H2,3H3/t20-/m0/s1. The summed E-state index contributed by atoms with van der Waals surface area (Å²) in [5, 5.41) is 1.04. The largest absolute Gasteiger partial charge is 0.468 e. The van der Waals surface area contributed by atoms with Crippen LogP contribution in [0, 0.1) is 12.3 Å². The molecule has 5 heteroatoms. The van der Waals surface area contributed by atoms with Crippen LogP contribution in [0.5, 0.6) is 0 Å². The summed E-state index contributed by atoms with van der Waals surface area (Å²) in [5.41, 5.74) is 1.53. The molecule has 0 fully saturated rings. The summed E-state index contributed by atoms with van der Waals surface area (Å²) in [6, 6.07) is 7.86. The highest BCUT2D eigenvalue weighted by molar-refractivity contribution is 6.32. The molecule has 25 heavy (non-hydrogen) atoms. The van der Waals surface area contributed by atoms with Gasteiger partial charge in [0.25, 0.3) is 0 Å². The third-order valence-corrected chi connectivity index (χ3v) is 5.29. The lowest BCUT2D eigenvalue weighted by Crippen LogP contribution is -2.50. The van der Waals surface area contributed by atoms with Gasteiger partial charge in [-0.1, -0.05) is 30.7 Å². The minimum Gasteiger partial charge on any atom is -0.468 e. The van der Waals surface area contributed by atoms with Crippen molar-refractivity contribution in [3.8, 4) is 12.3 Å². The molecular formula is C20H18N2O3. The van der Waals surface area contributed by atoms with E-state index in [1.54, 1.807) is 0 Å². The number of ketones is 1. The van der Waals surface area contributed by atoms with Gasteiger partial charge >= 0.3 is 5.97 Å². The first-order valence-corrected chi connectivity index (χ1v) is 8.17. The predicted molar refractivity (Wildman–Crippen MR) is 94.9 cm³/mol. The lowest BCUT2D eigenvalue weighted by molar-refractivity contribution is -0.151. The van der Waals surface area contributed by atoms with Crippen molar-refractivity contribution in [3.05, 3.63) is 42.1 Å². The number of allylic oxidation sites excluding steroid dienone is 1. The second-order valence-corrected chi connectivity index (χ2v) is 6.52. The summed E-state index contributed by atoms with van der Waals surface area (Å²) < 4.78 is 6.91. The van der Waals surface area contributed by atoms with E-state index >= 15 is 0 Å². The van der Waals surface area contributed by atoms with Gasteiger partial charge in [0.2, 0.25) is 5.78 Å². The van der Waals surface area contributed by atoms with Crippen LogP contribution in [-0.4, -0.2) is 48.0 Å². The van der Waals surface area contributed by atoms with Crippen molar-refractivity contribution in [2.75, 3.05) is 26.7 Å². The molecule has 0 saturated carbocycles. The lowest BCUT2D eigenvalue weighted by atomic mass is 9.79. The minimum absolute atomic E-state index is 0.213. The Morgan fingerprint density at radius 2 is 2.20 bits per heavy atom. The number of terminal acetylenes is 1. The van der Waals surface area contributed by atoms with Crippen molar-refractivity contribution in [3.63, 3.8) is 0 Å². The van der Waals surface area contributed by atoms with Crippen molar-refractivity contribution < 1.29 is 14.3 Å². The number of ether oxygens (including phenoxy) is 1. The smallest absolute Gasteiger partial charge is 0.327 e. The van der Waals surface area contributed by atoms with Gasteiger partial charge in [-0.05, 0) is 18.1 Å². The fraction of sp³-hybridized carbons (Fsp3) is 0.300. The van der Waals surface area contributed by atoms with Gasteiger partial charge in [0, 0.05) is 18.5 Å². The summed E-state index contributed by atoms with van der Waals surface area (Å²) in [4.78, 5) is 28.0.